The molecule has 9 heteroatoms. The van der Waals surface area contributed by atoms with E-state index in [1.54, 1.807) is 12.1 Å². The molecular formula is C22H30BrNO5S2. The Balaban J connectivity index is 0.000000504. The summed E-state index contributed by atoms with van der Waals surface area (Å²) in [6.07, 6.45) is 2.92. The lowest BCUT2D eigenvalue weighted by molar-refractivity contribution is -0.938. The summed E-state index contributed by atoms with van der Waals surface area (Å²) in [7, 11) is 4.49. The molecule has 2 bridgehead atoms. The topological polar surface area (TPSA) is 79.3 Å². The number of thiophene rings is 2. The Morgan fingerprint density at radius 2 is 1.65 bits per heavy atom. The number of esters is 1. The summed E-state index contributed by atoms with van der Waals surface area (Å²) in [5.41, 5.74) is -1.72. The Morgan fingerprint density at radius 1 is 1.16 bits per heavy atom. The minimum absolute atomic E-state index is 0. The lowest BCUT2D eigenvalue weighted by Gasteiger charge is -2.45. The number of carbonyl (C=O) groups excluding carboxylic acids is 1. The summed E-state index contributed by atoms with van der Waals surface area (Å²) in [6, 6.07) is 8.01. The number of aliphatic hydroxyl groups excluding tert-OH is 1. The molecule has 3 saturated heterocycles. The molecule has 2 aromatic rings. The van der Waals surface area contributed by atoms with E-state index in [9.17, 15) is 9.90 Å². The summed E-state index contributed by atoms with van der Waals surface area (Å²) in [4.78, 5) is 14.3. The second-order valence-corrected chi connectivity index (χ2v) is 10.6. The largest absolute Gasteiger partial charge is 1.00 e. The first-order chi connectivity index (χ1) is 14.3. The first-order valence-corrected chi connectivity index (χ1v) is 12.2. The van der Waals surface area contributed by atoms with Crippen molar-refractivity contribution < 1.29 is 45.9 Å². The predicted octanol–water partition coefficient (Wildman–Crippen LogP) is -0.262. The van der Waals surface area contributed by atoms with E-state index in [1.165, 1.54) is 22.7 Å². The van der Waals surface area contributed by atoms with Gasteiger partial charge in [0.05, 0.1) is 23.8 Å². The van der Waals surface area contributed by atoms with Crippen LogP contribution in [0.3, 0.4) is 0 Å². The number of halogens is 1. The Morgan fingerprint density at radius 3 is 2.03 bits per heavy atom. The van der Waals surface area contributed by atoms with E-state index in [1.807, 2.05) is 29.8 Å². The van der Waals surface area contributed by atoms with Crippen molar-refractivity contribution in [3.63, 3.8) is 0 Å². The first-order valence-electron chi connectivity index (χ1n) is 10.4. The first kappa shape index (κ1) is 24.8. The van der Waals surface area contributed by atoms with E-state index in [-0.39, 0.29) is 23.1 Å². The summed E-state index contributed by atoms with van der Waals surface area (Å²) < 4.78 is 12.6. The van der Waals surface area contributed by atoms with E-state index in [0.29, 0.717) is 40.7 Å². The molecule has 0 aromatic carbocycles. The number of carbonyl (C=O) groups is 1. The van der Waals surface area contributed by atoms with Gasteiger partial charge in [0.15, 0.2) is 0 Å². The molecule has 0 unspecified atom stereocenters. The third-order valence-electron chi connectivity index (χ3n) is 6.59. The second-order valence-electron chi connectivity index (χ2n) is 8.72. The average molecular weight is 533 g/mol. The van der Waals surface area contributed by atoms with Crippen molar-refractivity contribution in [2.24, 2.45) is 0 Å². The van der Waals surface area contributed by atoms with Crippen LogP contribution in [-0.2, 0) is 19.9 Å². The van der Waals surface area contributed by atoms with Crippen molar-refractivity contribution in [2.75, 3.05) is 20.7 Å². The van der Waals surface area contributed by atoms with Gasteiger partial charge in [0.1, 0.15) is 30.4 Å². The number of hydrogen-bond acceptors (Lipinski definition) is 7. The molecule has 0 saturated carbocycles. The number of hydrogen-bond donors (Lipinski definition) is 2. The Labute approximate surface area is 201 Å². The fourth-order valence-electron chi connectivity index (χ4n) is 4.83. The Bertz CT molecular complexity index is 801. The summed E-state index contributed by atoms with van der Waals surface area (Å²) in [6.45, 7) is 2.25. The third-order valence-corrected chi connectivity index (χ3v) is 8.54. The van der Waals surface area contributed by atoms with Gasteiger partial charge < -0.3 is 41.2 Å². The smallest absolute Gasteiger partial charge is 0.349 e. The molecule has 31 heavy (non-hydrogen) atoms. The highest BCUT2D eigenvalue weighted by molar-refractivity contribution is 7.12. The molecular weight excluding hydrogens is 502 g/mol. The molecule has 172 valence electrons. The van der Waals surface area contributed by atoms with Crippen molar-refractivity contribution in [1.82, 2.24) is 0 Å². The molecule has 3 fully saturated rings. The Kier molecular flexibility index (Phi) is 7.68. The summed E-state index contributed by atoms with van der Waals surface area (Å²) in [5, 5.41) is 23.0. The van der Waals surface area contributed by atoms with Crippen LogP contribution in [0.25, 0.3) is 0 Å². The number of fused-ring (bicyclic) bond motifs is 5. The van der Waals surface area contributed by atoms with Gasteiger partial charge in [0.25, 0.3) is 0 Å². The number of epoxide rings is 1. The van der Waals surface area contributed by atoms with E-state index >= 15 is 0 Å². The molecule has 3 aliphatic heterocycles. The van der Waals surface area contributed by atoms with Crippen LogP contribution in [0.4, 0.5) is 0 Å². The minimum Gasteiger partial charge on any atom is -1.00 e. The molecule has 2 N–H and O–H groups in total. The lowest BCUT2D eigenvalue weighted by Crippen LogP contribution is -3.00. The zero-order valence-electron chi connectivity index (χ0n) is 17.9. The quantitative estimate of drug-likeness (QED) is 0.315. The van der Waals surface area contributed by atoms with Gasteiger partial charge in [-0.1, -0.05) is 19.1 Å². The fraction of sp³-hybridized carbons (Fsp3) is 0.591. The van der Waals surface area contributed by atoms with Crippen LogP contribution in [0.1, 0.15) is 35.9 Å². The maximum absolute atomic E-state index is 13.1. The third kappa shape index (κ3) is 4.38. The van der Waals surface area contributed by atoms with Gasteiger partial charge in [0, 0.05) is 19.4 Å². The molecule has 0 amide bonds. The van der Waals surface area contributed by atoms with E-state index < -0.39 is 11.6 Å². The van der Waals surface area contributed by atoms with Gasteiger partial charge in [-0.15, -0.1) is 22.7 Å². The second kappa shape index (κ2) is 9.59. The highest BCUT2D eigenvalue weighted by atomic mass is 79.9. The van der Waals surface area contributed by atoms with Gasteiger partial charge in [-0.3, -0.25) is 0 Å². The number of quaternary nitrogens is 1. The molecule has 2 aromatic heterocycles. The van der Waals surface area contributed by atoms with Crippen molar-refractivity contribution in [3.05, 3.63) is 44.8 Å². The SMILES string of the molecule is CCCO.C[N+]1(C)[C@@H]2C[C@@H](OC(=O)C(O)(c3cccs3)c3cccs3)C[C@H]1[C@@H]1O[C@@H]12.[Br-]. The molecule has 5 atom stereocenters. The fourth-order valence-corrected chi connectivity index (χ4v) is 6.54. The van der Waals surface area contributed by atoms with Gasteiger partial charge in [0.2, 0.25) is 5.60 Å². The van der Waals surface area contributed by atoms with Gasteiger partial charge in [-0.25, -0.2) is 4.79 Å². The number of nitrogens with zero attached hydrogens (tertiary/aromatic N) is 1. The van der Waals surface area contributed by atoms with E-state index in [4.69, 9.17) is 14.6 Å². The number of ether oxygens (including phenoxy) is 2. The van der Waals surface area contributed by atoms with Crippen LogP contribution in [0.5, 0.6) is 0 Å². The maximum Gasteiger partial charge on any atom is 0.349 e. The summed E-state index contributed by atoms with van der Waals surface area (Å²) >= 11 is 2.74. The number of piperidine rings is 1. The van der Waals surface area contributed by atoms with Gasteiger partial charge in [-0.05, 0) is 29.3 Å². The van der Waals surface area contributed by atoms with Crippen LogP contribution in [0.2, 0.25) is 0 Å². The van der Waals surface area contributed by atoms with Crippen LogP contribution in [0.15, 0.2) is 35.0 Å². The highest BCUT2D eigenvalue weighted by Gasteiger charge is 2.71. The molecule has 5 rings (SSSR count). The number of morpholine rings is 1. The predicted molar refractivity (Wildman–Crippen MR) is 116 cm³/mol. The van der Waals surface area contributed by atoms with Crippen molar-refractivity contribution >= 4 is 28.6 Å². The normalized spacial score (nSPS) is 29.8. The van der Waals surface area contributed by atoms with E-state index in [2.05, 4.69) is 14.1 Å². The number of likely N-dealkylation sites (N-methyl/N-ethyl adjacent to an activating group) is 1. The highest BCUT2D eigenvalue weighted by Crippen LogP contribution is 2.52. The maximum atomic E-state index is 13.1. The molecule has 0 aliphatic carbocycles. The zero-order valence-corrected chi connectivity index (χ0v) is 21.2. The number of rotatable bonds is 5. The molecule has 0 spiro atoms. The van der Waals surface area contributed by atoms with Crippen molar-refractivity contribution in [1.29, 1.82) is 0 Å². The van der Waals surface area contributed by atoms with E-state index in [0.717, 1.165) is 23.7 Å². The van der Waals surface area contributed by atoms with Gasteiger partial charge in [-0.2, -0.15) is 0 Å². The molecule has 3 aliphatic rings. The molecule has 0 radical (unpaired) electrons. The van der Waals surface area contributed by atoms with Crippen LogP contribution in [-0.4, -0.2) is 71.8 Å². The average Bonchev–Trinajstić information content (AvgIpc) is 3.08. The van der Waals surface area contributed by atoms with Crippen LogP contribution in [0, 0.1) is 0 Å². The minimum atomic E-state index is -1.72. The monoisotopic (exact) mass is 531 g/mol. The molecule has 5 heterocycles. The van der Waals surface area contributed by atoms with Crippen LogP contribution < -0.4 is 17.0 Å². The zero-order chi connectivity index (χ0) is 21.5. The van der Waals surface area contributed by atoms with Crippen LogP contribution >= 0.6 is 22.7 Å². The Hall–Kier alpha value is -0.810. The standard InChI is InChI=1S/C19H22NO4S2.C3H8O.BrH/c1-20(2)12-9-11(10-13(20)17-16(12)24-17)23-18(21)19(22,14-5-3-7-25-14)15-6-4-8-26-15;1-2-3-4;/h3-8,11-13,16-17,22H,9-10H2,1-2H3;4H,2-3H2,1H3;1H/q+1;;/p-1/t11-,12-,13+,16-,17+;;. The van der Waals surface area contributed by atoms with Crippen molar-refractivity contribution in [2.45, 2.75) is 62.2 Å². The lowest BCUT2D eigenvalue weighted by atomic mass is 9.95. The van der Waals surface area contributed by atoms with Gasteiger partial charge >= 0.3 is 5.97 Å². The summed E-state index contributed by atoms with van der Waals surface area (Å²) in [5.74, 6) is -0.561. The van der Waals surface area contributed by atoms with Crippen molar-refractivity contribution in [3.8, 4) is 0 Å². The number of aliphatic hydroxyl groups is 2. The molecule has 6 nitrogen and oxygen atoms in total.